The van der Waals surface area contributed by atoms with Crippen LogP contribution in [0.25, 0.3) is 11.3 Å². The fourth-order valence-electron chi connectivity index (χ4n) is 2.45. The average Bonchev–Trinajstić information content (AvgIpc) is 3.31. The van der Waals surface area contributed by atoms with E-state index in [-0.39, 0.29) is 12.5 Å². The minimum Gasteiger partial charge on any atom is -0.507 e. The summed E-state index contributed by atoms with van der Waals surface area (Å²) in [5.74, 6) is 2.24. The molecule has 0 amide bonds. The number of aromatic hydroxyl groups is 1. The minimum atomic E-state index is 0.145. The van der Waals surface area contributed by atoms with Gasteiger partial charge in [-0.1, -0.05) is 0 Å². The molecular formula is C18H15N3O4S. The number of phenols is 1. The molecule has 2 heterocycles. The van der Waals surface area contributed by atoms with E-state index in [9.17, 15) is 5.11 Å². The summed E-state index contributed by atoms with van der Waals surface area (Å²) in [6.07, 6.45) is 1.67. The second-order valence-electron chi connectivity index (χ2n) is 5.40. The Hall–Kier alpha value is -3.26. The van der Waals surface area contributed by atoms with Crippen molar-refractivity contribution in [3.8, 4) is 34.3 Å². The van der Waals surface area contributed by atoms with Crippen LogP contribution >= 0.6 is 11.3 Å². The fourth-order valence-corrected chi connectivity index (χ4v) is 3.11. The van der Waals surface area contributed by atoms with Gasteiger partial charge in [-0.2, -0.15) is 5.10 Å². The van der Waals surface area contributed by atoms with Gasteiger partial charge in [-0.15, -0.1) is 11.3 Å². The number of benzene rings is 2. The molecule has 0 radical (unpaired) electrons. The van der Waals surface area contributed by atoms with Gasteiger partial charge in [-0.25, -0.2) is 4.98 Å². The van der Waals surface area contributed by atoms with E-state index >= 15 is 0 Å². The summed E-state index contributed by atoms with van der Waals surface area (Å²) in [6.45, 7) is 0.243. The van der Waals surface area contributed by atoms with Crippen LogP contribution in [0.15, 0.2) is 46.9 Å². The number of nitrogens with one attached hydrogen (secondary N) is 1. The van der Waals surface area contributed by atoms with E-state index < -0.39 is 0 Å². The van der Waals surface area contributed by atoms with Crippen LogP contribution in [0.4, 0.5) is 5.13 Å². The summed E-state index contributed by atoms with van der Waals surface area (Å²) < 4.78 is 15.8. The number of rotatable bonds is 5. The maximum atomic E-state index is 10.0. The van der Waals surface area contributed by atoms with Crippen LogP contribution in [0.3, 0.4) is 0 Å². The molecule has 1 aliphatic rings. The second kappa shape index (κ2) is 6.93. The van der Waals surface area contributed by atoms with Crippen LogP contribution in [-0.4, -0.2) is 30.2 Å². The lowest BCUT2D eigenvalue weighted by molar-refractivity contribution is 0.174. The number of fused-ring (bicyclic) bond motifs is 1. The van der Waals surface area contributed by atoms with Gasteiger partial charge < -0.3 is 19.3 Å². The first-order chi connectivity index (χ1) is 12.7. The third-order valence-electron chi connectivity index (χ3n) is 3.75. The molecule has 0 saturated carbocycles. The van der Waals surface area contributed by atoms with Crippen molar-refractivity contribution >= 4 is 22.7 Å². The van der Waals surface area contributed by atoms with Gasteiger partial charge in [0, 0.05) is 10.9 Å². The van der Waals surface area contributed by atoms with Crippen molar-refractivity contribution in [1.29, 1.82) is 0 Å². The number of methoxy groups -OCH3 is 1. The van der Waals surface area contributed by atoms with E-state index in [0.29, 0.717) is 27.9 Å². The Balaban J connectivity index is 1.47. The molecule has 1 aromatic heterocycles. The largest absolute Gasteiger partial charge is 0.507 e. The maximum Gasteiger partial charge on any atom is 0.231 e. The zero-order valence-electron chi connectivity index (χ0n) is 13.8. The molecule has 0 spiro atoms. The molecule has 132 valence electrons. The Morgan fingerprint density at radius 1 is 1.23 bits per heavy atom. The molecule has 2 N–H and O–H groups in total. The molecule has 2 aromatic carbocycles. The van der Waals surface area contributed by atoms with E-state index in [2.05, 4.69) is 15.5 Å². The smallest absolute Gasteiger partial charge is 0.231 e. The topological polar surface area (TPSA) is 85.2 Å². The standard InChI is InChI=1S/C18H15N3O4S/c1-23-12-3-4-15(22)13(7-12)14-9-26-18(20-14)21-19-8-11-2-5-16-17(6-11)25-10-24-16/h2-9,22H,10H2,1H3,(H,20,21)/b19-8+. The molecule has 8 heteroatoms. The molecule has 4 rings (SSSR count). The highest BCUT2D eigenvalue weighted by Crippen LogP contribution is 2.34. The molecule has 1 aliphatic heterocycles. The quantitative estimate of drug-likeness (QED) is 0.527. The highest BCUT2D eigenvalue weighted by atomic mass is 32.1. The molecule has 0 unspecified atom stereocenters. The van der Waals surface area contributed by atoms with Gasteiger partial charge in [0.2, 0.25) is 11.9 Å². The molecule has 0 atom stereocenters. The van der Waals surface area contributed by atoms with E-state index in [1.54, 1.807) is 31.5 Å². The number of ether oxygens (including phenoxy) is 3. The van der Waals surface area contributed by atoms with Crippen LogP contribution in [0.5, 0.6) is 23.0 Å². The molecule has 26 heavy (non-hydrogen) atoms. The number of anilines is 1. The van der Waals surface area contributed by atoms with Crippen LogP contribution < -0.4 is 19.6 Å². The third kappa shape index (κ3) is 3.27. The highest BCUT2D eigenvalue weighted by Gasteiger charge is 2.13. The summed E-state index contributed by atoms with van der Waals surface area (Å²) in [7, 11) is 1.58. The number of hydrogen-bond acceptors (Lipinski definition) is 8. The van der Waals surface area contributed by atoms with Crippen LogP contribution in [-0.2, 0) is 0 Å². The molecule has 0 saturated heterocycles. The number of phenolic OH excluding ortho intramolecular Hbond substituents is 1. The Morgan fingerprint density at radius 3 is 3.00 bits per heavy atom. The first kappa shape index (κ1) is 16.2. The molecule has 0 fully saturated rings. The average molecular weight is 369 g/mol. The van der Waals surface area contributed by atoms with E-state index in [1.165, 1.54) is 11.3 Å². The lowest BCUT2D eigenvalue weighted by Crippen LogP contribution is -1.93. The zero-order chi connectivity index (χ0) is 17.9. The number of hydrazone groups is 1. The lowest BCUT2D eigenvalue weighted by atomic mass is 10.1. The van der Waals surface area contributed by atoms with Crippen LogP contribution in [0.1, 0.15) is 5.56 Å². The monoisotopic (exact) mass is 369 g/mol. The number of aromatic nitrogens is 1. The lowest BCUT2D eigenvalue weighted by Gasteiger charge is -2.04. The zero-order valence-corrected chi connectivity index (χ0v) is 14.6. The van der Waals surface area contributed by atoms with Crippen molar-refractivity contribution in [1.82, 2.24) is 4.98 Å². The van der Waals surface area contributed by atoms with Gasteiger partial charge in [0.25, 0.3) is 0 Å². The summed E-state index contributed by atoms with van der Waals surface area (Å²) in [5, 5.41) is 16.7. The molecular weight excluding hydrogens is 354 g/mol. The van der Waals surface area contributed by atoms with E-state index in [1.807, 2.05) is 23.6 Å². The predicted octanol–water partition coefficient (Wildman–Crippen LogP) is 3.70. The normalized spacial score (nSPS) is 12.5. The van der Waals surface area contributed by atoms with Gasteiger partial charge in [0.1, 0.15) is 11.5 Å². The Morgan fingerprint density at radius 2 is 2.12 bits per heavy atom. The van der Waals surface area contributed by atoms with Crippen molar-refractivity contribution in [2.45, 2.75) is 0 Å². The minimum absolute atomic E-state index is 0.145. The molecule has 3 aromatic rings. The molecule has 7 nitrogen and oxygen atoms in total. The van der Waals surface area contributed by atoms with Gasteiger partial charge in [0.05, 0.1) is 19.0 Å². The summed E-state index contributed by atoms with van der Waals surface area (Å²) in [6, 6.07) is 10.6. The van der Waals surface area contributed by atoms with Crippen LogP contribution in [0, 0.1) is 0 Å². The summed E-state index contributed by atoms with van der Waals surface area (Å²) in [4.78, 5) is 4.44. The summed E-state index contributed by atoms with van der Waals surface area (Å²) in [5.41, 5.74) is 5.02. The van der Waals surface area contributed by atoms with Crippen molar-refractivity contribution in [3.05, 3.63) is 47.3 Å². The van der Waals surface area contributed by atoms with Gasteiger partial charge in [0.15, 0.2) is 11.5 Å². The van der Waals surface area contributed by atoms with Crippen molar-refractivity contribution < 1.29 is 19.3 Å². The Labute approximate surface area is 153 Å². The van der Waals surface area contributed by atoms with E-state index in [0.717, 1.165) is 11.3 Å². The van der Waals surface area contributed by atoms with Gasteiger partial charge in [-0.3, -0.25) is 5.43 Å². The SMILES string of the molecule is COc1ccc(O)c(-c2csc(N/N=C/c3ccc4c(c3)OCO4)n2)c1. The highest BCUT2D eigenvalue weighted by molar-refractivity contribution is 7.14. The van der Waals surface area contributed by atoms with Crippen molar-refractivity contribution in [3.63, 3.8) is 0 Å². The number of hydrogen-bond donors (Lipinski definition) is 2. The fraction of sp³-hybridized carbons (Fsp3) is 0.111. The Kier molecular flexibility index (Phi) is 4.32. The molecule has 0 aliphatic carbocycles. The third-order valence-corrected chi connectivity index (χ3v) is 4.50. The number of nitrogens with zero attached hydrogens (tertiary/aromatic N) is 2. The van der Waals surface area contributed by atoms with E-state index in [4.69, 9.17) is 14.2 Å². The predicted molar refractivity (Wildman–Crippen MR) is 99.5 cm³/mol. The Bertz CT molecular complexity index is 971. The first-order valence-electron chi connectivity index (χ1n) is 7.74. The summed E-state index contributed by atoms with van der Waals surface area (Å²) >= 11 is 1.39. The van der Waals surface area contributed by atoms with Crippen molar-refractivity contribution in [2.75, 3.05) is 19.3 Å². The maximum absolute atomic E-state index is 10.0. The molecule has 0 bridgehead atoms. The number of thiazole rings is 1. The van der Waals surface area contributed by atoms with Crippen molar-refractivity contribution in [2.24, 2.45) is 5.10 Å². The first-order valence-corrected chi connectivity index (χ1v) is 8.62. The van der Waals surface area contributed by atoms with Gasteiger partial charge in [-0.05, 0) is 42.0 Å². The van der Waals surface area contributed by atoms with Crippen LogP contribution in [0.2, 0.25) is 0 Å². The second-order valence-corrected chi connectivity index (χ2v) is 6.26. The van der Waals surface area contributed by atoms with Gasteiger partial charge >= 0.3 is 0 Å².